The average molecular weight is 603 g/mol. The molecule has 0 aliphatic carbocycles. The Morgan fingerprint density at radius 1 is 0.468 bits per heavy atom. The molecule has 0 fully saturated rings. The third-order valence-electron chi connectivity index (χ3n) is 8.60. The molecule has 0 saturated carbocycles. The van der Waals surface area contributed by atoms with E-state index in [4.69, 9.17) is 19.4 Å². The minimum atomic E-state index is 0.656. The Kier molecular flexibility index (Phi) is 6.39. The van der Waals surface area contributed by atoms with Crippen molar-refractivity contribution in [2.45, 2.75) is 0 Å². The van der Waals surface area contributed by atoms with Crippen molar-refractivity contribution < 1.29 is 4.42 Å². The van der Waals surface area contributed by atoms with Crippen LogP contribution >= 0.6 is 0 Å². The van der Waals surface area contributed by atoms with Gasteiger partial charge in [-0.3, -0.25) is 9.97 Å². The van der Waals surface area contributed by atoms with Crippen molar-refractivity contribution in [3.8, 4) is 56.2 Å². The van der Waals surface area contributed by atoms with Gasteiger partial charge in [0.2, 0.25) is 0 Å². The first-order valence-electron chi connectivity index (χ1n) is 15.5. The molecule has 0 atom stereocenters. The summed E-state index contributed by atoms with van der Waals surface area (Å²) in [4.78, 5) is 19.6. The highest BCUT2D eigenvalue weighted by atomic mass is 16.3. The molecule has 0 unspecified atom stereocenters. The first-order chi connectivity index (χ1) is 23.3. The molecule has 5 nitrogen and oxygen atoms in total. The lowest BCUT2D eigenvalue weighted by atomic mass is 9.93. The second-order valence-electron chi connectivity index (χ2n) is 11.5. The lowest BCUT2D eigenvalue weighted by molar-refractivity contribution is 0.669. The smallest absolute Gasteiger partial charge is 0.160 e. The summed E-state index contributed by atoms with van der Waals surface area (Å²) in [6, 6.07) is 47.6. The predicted molar refractivity (Wildman–Crippen MR) is 190 cm³/mol. The molecule has 9 aromatic rings. The van der Waals surface area contributed by atoms with E-state index < -0.39 is 0 Å². The molecule has 0 radical (unpaired) electrons. The Morgan fingerprint density at radius 2 is 1.19 bits per heavy atom. The average Bonchev–Trinajstić information content (AvgIpc) is 3.54. The van der Waals surface area contributed by atoms with E-state index in [2.05, 4.69) is 83.8 Å². The van der Waals surface area contributed by atoms with Gasteiger partial charge in [-0.25, -0.2) is 9.97 Å². The molecule has 0 saturated heterocycles. The highest BCUT2D eigenvalue weighted by molar-refractivity contribution is 6.12. The molecule has 47 heavy (non-hydrogen) atoms. The largest absolute Gasteiger partial charge is 0.456 e. The maximum Gasteiger partial charge on any atom is 0.160 e. The van der Waals surface area contributed by atoms with Crippen molar-refractivity contribution in [2.24, 2.45) is 0 Å². The topological polar surface area (TPSA) is 64.7 Å². The normalized spacial score (nSPS) is 11.4. The molecule has 4 heterocycles. The number of hydrogen-bond donors (Lipinski definition) is 0. The summed E-state index contributed by atoms with van der Waals surface area (Å²) in [5.74, 6) is 0.656. The Hall–Kier alpha value is -6.46. The predicted octanol–water partition coefficient (Wildman–Crippen LogP) is 10.7. The third kappa shape index (κ3) is 4.82. The van der Waals surface area contributed by atoms with Crippen molar-refractivity contribution in [3.63, 3.8) is 0 Å². The Morgan fingerprint density at radius 3 is 2.11 bits per heavy atom. The lowest BCUT2D eigenvalue weighted by Gasteiger charge is -2.14. The van der Waals surface area contributed by atoms with Gasteiger partial charge in [0.25, 0.3) is 0 Å². The monoisotopic (exact) mass is 602 g/mol. The highest BCUT2D eigenvalue weighted by Crippen LogP contribution is 2.39. The Balaban J connectivity index is 1.32. The van der Waals surface area contributed by atoms with E-state index in [1.54, 1.807) is 6.20 Å². The number of para-hydroxylation sites is 2. The fraction of sp³-hybridized carbons (Fsp3) is 0. The van der Waals surface area contributed by atoms with Gasteiger partial charge in [0, 0.05) is 62.6 Å². The van der Waals surface area contributed by atoms with E-state index >= 15 is 0 Å². The molecule has 0 amide bonds. The first-order valence-corrected chi connectivity index (χ1v) is 15.5. The number of fused-ring (bicyclic) bond motifs is 4. The quantitative estimate of drug-likeness (QED) is 0.196. The fourth-order valence-corrected chi connectivity index (χ4v) is 6.41. The van der Waals surface area contributed by atoms with Crippen LogP contribution in [0.5, 0.6) is 0 Å². The second kappa shape index (κ2) is 11.2. The fourth-order valence-electron chi connectivity index (χ4n) is 6.41. The molecule has 0 bridgehead atoms. The molecule has 4 aromatic heterocycles. The van der Waals surface area contributed by atoms with Crippen LogP contribution in [0.2, 0.25) is 0 Å². The minimum absolute atomic E-state index is 0.656. The third-order valence-corrected chi connectivity index (χ3v) is 8.60. The van der Waals surface area contributed by atoms with Gasteiger partial charge >= 0.3 is 0 Å². The standard InChI is InChI=1S/C42H26N4O/c1-2-10-28(11-3-1)42-45-36(25-37(46-42)34-17-7-19-39-40(34)35-15-4-5-18-38(35)47-39)32-23-30(29-14-8-20-43-26-29)22-31(24-32)33-16-6-12-27-13-9-21-44-41(27)33/h1-26H. The summed E-state index contributed by atoms with van der Waals surface area (Å²) in [7, 11) is 0. The highest BCUT2D eigenvalue weighted by Gasteiger charge is 2.18. The molecule has 5 heteroatoms. The van der Waals surface area contributed by atoms with Crippen LogP contribution in [-0.4, -0.2) is 19.9 Å². The first kappa shape index (κ1) is 26.9. The number of rotatable bonds is 5. The number of aromatic nitrogens is 4. The summed E-state index contributed by atoms with van der Waals surface area (Å²) in [6.07, 6.45) is 5.54. The lowest BCUT2D eigenvalue weighted by Crippen LogP contribution is -1.97. The van der Waals surface area contributed by atoms with Gasteiger partial charge in [-0.2, -0.15) is 0 Å². The van der Waals surface area contributed by atoms with E-state index in [9.17, 15) is 0 Å². The Bertz CT molecular complexity index is 2570. The maximum atomic E-state index is 6.25. The van der Waals surface area contributed by atoms with E-state index in [-0.39, 0.29) is 0 Å². The van der Waals surface area contributed by atoms with Crippen LogP contribution in [0.3, 0.4) is 0 Å². The zero-order valence-corrected chi connectivity index (χ0v) is 25.2. The van der Waals surface area contributed by atoms with Crippen LogP contribution in [0, 0.1) is 0 Å². The number of hydrogen-bond acceptors (Lipinski definition) is 5. The van der Waals surface area contributed by atoms with E-state index in [1.807, 2.05) is 73.1 Å². The zero-order chi connectivity index (χ0) is 31.2. The van der Waals surface area contributed by atoms with Gasteiger partial charge in [-0.1, -0.05) is 91.0 Å². The number of pyridine rings is 2. The van der Waals surface area contributed by atoms with E-state index in [0.717, 1.165) is 83.2 Å². The van der Waals surface area contributed by atoms with Crippen LogP contribution < -0.4 is 0 Å². The summed E-state index contributed by atoms with van der Waals surface area (Å²) < 4.78 is 6.25. The van der Waals surface area contributed by atoms with Crippen LogP contribution in [0.15, 0.2) is 163 Å². The van der Waals surface area contributed by atoms with Gasteiger partial charge < -0.3 is 4.42 Å². The van der Waals surface area contributed by atoms with Gasteiger partial charge in [-0.15, -0.1) is 0 Å². The molecule has 220 valence electrons. The van der Waals surface area contributed by atoms with Crippen LogP contribution in [0.25, 0.3) is 89.0 Å². The van der Waals surface area contributed by atoms with Crippen LogP contribution in [-0.2, 0) is 0 Å². The SMILES string of the molecule is c1ccc(-c2nc(-c3cc(-c4cccnc4)cc(-c4cccc5cccnc45)c3)cc(-c3cccc4oc5ccccc5c34)n2)cc1. The van der Waals surface area contributed by atoms with Crippen molar-refractivity contribution in [1.82, 2.24) is 19.9 Å². The molecule has 5 aromatic carbocycles. The van der Waals surface area contributed by atoms with E-state index in [0.29, 0.717) is 5.82 Å². The van der Waals surface area contributed by atoms with Gasteiger partial charge in [-0.05, 0) is 59.7 Å². The van der Waals surface area contributed by atoms with Gasteiger partial charge in [0.1, 0.15) is 11.2 Å². The summed E-state index contributed by atoms with van der Waals surface area (Å²) in [6.45, 7) is 0. The molecular formula is C42H26N4O. The molecular weight excluding hydrogens is 576 g/mol. The maximum absolute atomic E-state index is 6.25. The van der Waals surface area contributed by atoms with Crippen molar-refractivity contribution in [3.05, 3.63) is 158 Å². The number of nitrogens with zero attached hydrogens (tertiary/aromatic N) is 4. The van der Waals surface area contributed by atoms with Crippen LogP contribution in [0.4, 0.5) is 0 Å². The molecule has 0 N–H and O–H groups in total. The summed E-state index contributed by atoms with van der Waals surface area (Å²) in [5, 5.41) is 3.19. The second-order valence-corrected chi connectivity index (χ2v) is 11.5. The molecule has 9 rings (SSSR count). The minimum Gasteiger partial charge on any atom is -0.456 e. The van der Waals surface area contributed by atoms with Crippen LogP contribution in [0.1, 0.15) is 0 Å². The number of furan rings is 1. The van der Waals surface area contributed by atoms with Crippen molar-refractivity contribution in [2.75, 3.05) is 0 Å². The molecule has 0 aliphatic rings. The van der Waals surface area contributed by atoms with Crippen molar-refractivity contribution in [1.29, 1.82) is 0 Å². The van der Waals surface area contributed by atoms with Crippen molar-refractivity contribution >= 4 is 32.8 Å². The summed E-state index contributed by atoms with van der Waals surface area (Å²) in [5.41, 5.74) is 11.4. The number of benzene rings is 5. The molecule has 0 aliphatic heterocycles. The van der Waals surface area contributed by atoms with Gasteiger partial charge in [0.15, 0.2) is 5.82 Å². The van der Waals surface area contributed by atoms with Gasteiger partial charge in [0.05, 0.1) is 16.9 Å². The molecule has 0 spiro atoms. The Labute approximate surface area is 270 Å². The zero-order valence-electron chi connectivity index (χ0n) is 25.2. The summed E-state index contributed by atoms with van der Waals surface area (Å²) >= 11 is 0. The van der Waals surface area contributed by atoms with E-state index in [1.165, 1.54) is 0 Å².